The smallest absolute Gasteiger partial charge is 0.244 e. The van der Waals surface area contributed by atoms with Crippen LogP contribution >= 0.6 is 0 Å². The number of nitrogens with one attached hydrogen (secondary N) is 3. The third-order valence-electron chi connectivity index (χ3n) is 2.61. The van der Waals surface area contributed by atoms with E-state index in [-0.39, 0.29) is 12.1 Å². The van der Waals surface area contributed by atoms with Gasteiger partial charge in [-0.2, -0.15) is 5.10 Å². The van der Waals surface area contributed by atoms with E-state index in [1.807, 2.05) is 0 Å². The molecule has 1 heterocycles. The summed E-state index contributed by atoms with van der Waals surface area (Å²) in [6.45, 7) is -0.284. The maximum absolute atomic E-state index is 13.3. The molecule has 2 amide bonds. The highest BCUT2D eigenvalue weighted by atomic mass is 19.1. The maximum Gasteiger partial charge on any atom is 0.244 e. The molecule has 0 radical (unpaired) electrons. The highest BCUT2D eigenvalue weighted by molar-refractivity contribution is 5.97. The molecule has 8 heteroatoms. The number of amides is 2. The fourth-order valence-electron chi connectivity index (χ4n) is 1.58. The van der Waals surface area contributed by atoms with Gasteiger partial charge in [0.25, 0.3) is 0 Å². The van der Waals surface area contributed by atoms with Crippen molar-refractivity contribution in [1.82, 2.24) is 15.5 Å². The van der Waals surface area contributed by atoms with Gasteiger partial charge in [-0.15, -0.1) is 0 Å². The average Bonchev–Trinajstić information content (AvgIpc) is 2.97. The summed E-state index contributed by atoms with van der Waals surface area (Å²) in [5.41, 5.74) is 0.142. The van der Waals surface area contributed by atoms with Crippen molar-refractivity contribution >= 4 is 23.6 Å². The van der Waals surface area contributed by atoms with Gasteiger partial charge >= 0.3 is 0 Å². The van der Waals surface area contributed by atoms with Gasteiger partial charge in [0, 0.05) is 17.8 Å². The van der Waals surface area contributed by atoms with Crippen molar-refractivity contribution in [2.45, 2.75) is 0 Å². The number of aromatic nitrogens is 2. The maximum atomic E-state index is 13.3. The Morgan fingerprint density at radius 1 is 1.27 bits per heavy atom. The molecule has 0 aliphatic carbocycles. The number of benzene rings is 1. The van der Waals surface area contributed by atoms with Gasteiger partial charge in [0.1, 0.15) is 11.6 Å². The normalized spacial score (nSPS) is 10.6. The Balaban J connectivity index is 1.85. The Kier molecular flexibility index (Phi) is 4.97. The molecule has 2 rings (SSSR count). The predicted molar refractivity (Wildman–Crippen MR) is 75.6 cm³/mol. The standard InChI is InChI=1S/C14H12F2N4O2/c15-11-2-1-3-12(16)10(11)4-5-13(21)17-8-14(22)20-9-6-18-19-7-9/h1-7H,8H2,(H,17,21)(H,18,19)(H,20,22)/b5-4+. The number of hydrogen-bond acceptors (Lipinski definition) is 3. The SMILES string of the molecule is O=C(/C=C/c1c(F)cccc1F)NCC(=O)Nc1cn[nH]c1. The first-order chi connectivity index (χ1) is 10.6. The van der Waals surface area contributed by atoms with Crippen molar-refractivity contribution in [3.63, 3.8) is 0 Å². The van der Waals surface area contributed by atoms with Crippen molar-refractivity contribution in [2.24, 2.45) is 0 Å². The molecule has 6 nitrogen and oxygen atoms in total. The zero-order chi connectivity index (χ0) is 15.9. The summed E-state index contributed by atoms with van der Waals surface area (Å²) < 4.78 is 26.7. The van der Waals surface area contributed by atoms with E-state index < -0.39 is 23.4 Å². The Labute approximate surface area is 124 Å². The minimum atomic E-state index is -0.776. The van der Waals surface area contributed by atoms with E-state index in [2.05, 4.69) is 20.8 Å². The first-order valence-electron chi connectivity index (χ1n) is 6.25. The molecule has 0 saturated heterocycles. The van der Waals surface area contributed by atoms with Gasteiger partial charge in [0.05, 0.1) is 18.4 Å². The van der Waals surface area contributed by atoms with Gasteiger partial charge in [-0.3, -0.25) is 14.7 Å². The first-order valence-corrected chi connectivity index (χ1v) is 6.25. The molecule has 0 unspecified atom stereocenters. The molecule has 0 saturated carbocycles. The number of rotatable bonds is 5. The number of hydrogen-bond donors (Lipinski definition) is 3. The quantitative estimate of drug-likeness (QED) is 0.731. The van der Waals surface area contributed by atoms with E-state index in [0.29, 0.717) is 5.69 Å². The number of carbonyl (C=O) groups is 2. The molecular weight excluding hydrogens is 294 g/mol. The second kappa shape index (κ2) is 7.11. The van der Waals surface area contributed by atoms with E-state index in [1.54, 1.807) is 0 Å². The van der Waals surface area contributed by atoms with E-state index in [4.69, 9.17) is 0 Å². The number of anilines is 1. The van der Waals surface area contributed by atoms with Crippen LogP contribution in [0.1, 0.15) is 5.56 Å². The van der Waals surface area contributed by atoms with Gasteiger partial charge < -0.3 is 10.6 Å². The van der Waals surface area contributed by atoms with E-state index in [1.165, 1.54) is 18.5 Å². The van der Waals surface area contributed by atoms with Gasteiger partial charge in [-0.05, 0) is 18.2 Å². The molecule has 0 fully saturated rings. The van der Waals surface area contributed by atoms with Crippen molar-refractivity contribution < 1.29 is 18.4 Å². The molecule has 22 heavy (non-hydrogen) atoms. The lowest BCUT2D eigenvalue weighted by Crippen LogP contribution is -2.31. The largest absolute Gasteiger partial charge is 0.343 e. The summed E-state index contributed by atoms with van der Waals surface area (Å²) in [6.07, 6.45) is 4.84. The third kappa shape index (κ3) is 4.23. The molecule has 114 valence electrons. The van der Waals surface area contributed by atoms with Crippen molar-refractivity contribution in [2.75, 3.05) is 11.9 Å². The average molecular weight is 306 g/mol. The highest BCUT2D eigenvalue weighted by Crippen LogP contribution is 2.13. The summed E-state index contributed by atoms with van der Waals surface area (Å²) in [7, 11) is 0. The second-order valence-electron chi connectivity index (χ2n) is 4.22. The molecule has 2 aromatic rings. The summed E-state index contributed by atoms with van der Waals surface area (Å²) in [4.78, 5) is 23.0. The van der Waals surface area contributed by atoms with Crippen molar-refractivity contribution in [1.29, 1.82) is 0 Å². The van der Waals surface area contributed by atoms with Crippen LogP contribution in [0.25, 0.3) is 6.08 Å². The minimum Gasteiger partial charge on any atom is -0.343 e. The van der Waals surface area contributed by atoms with Gasteiger partial charge in [0.2, 0.25) is 11.8 Å². The fourth-order valence-corrected chi connectivity index (χ4v) is 1.58. The molecule has 1 aromatic carbocycles. The zero-order valence-electron chi connectivity index (χ0n) is 11.3. The summed E-state index contributed by atoms with van der Waals surface area (Å²) in [5, 5.41) is 10.9. The van der Waals surface area contributed by atoms with Crippen molar-refractivity contribution in [3.8, 4) is 0 Å². The molecule has 0 aliphatic rings. The lowest BCUT2D eigenvalue weighted by molar-refractivity contribution is -0.121. The lowest BCUT2D eigenvalue weighted by atomic mass is 10.2. The molecular formula is C14H12F2N4O2. The Bertz CT molecular complexity index is 679. The van der Waals surface area contributed by atoms with E-state index >= 15 is 0 Å². The third-order valence-corrected chi connectivity index (χ3v) is 2.61. The van der Waals surface area contributed by atoms with Crippen LogP contribution in [-0.2, 0) is 9.59 Å². The Hall–Kier alpha value is -3.03. The number of nitrogens with zero attached hydrogens (tertiary/aromatic N) is 1. The van der Waals surface area contributed by atoms with Crippen molar-refractivity contribution in [3.05, 3.63) is 53.9 Å². The van der Waals surface area contributed by atoms with Gasteiger partial charge in [0.15, 0.2) is 0 Å². The van der Waals surface area contributed by atoms with E-state index in [9.17, 15) is 18.4 Å². The molecule has 3 N–H and O–H groups in total. The minimum absolute atomic E-state index is 0.284. The van der Waals surface area contributed by atoms with Crippen LogP contribution in [0.2, 0.25) is 0 Å². The van der Waals surface area contributed by atoms with Crippen LogP contribution in [0.4, 0.5) is 14.5 Å². The second-order valence-corrected chi connectivity index (χ2v) is 4.22. The number of aromatic amines is 1. The summed E-state index contributed by atoms with van der Waals surface area (Å²) in [6, 6.07) is 3.39. The fraction of sp³-hybridized carbons (Fsp3) is 0.0714. The molecule has 0 bridgehead atoms. The van der Waals surface area contributed by atoms with Gasteiger partial charge in [-0.1, -0.05) is 6.07 Å². The topological polar surface area (TPSA) is 86.9 Å². The molecule has 0 aliphatic heterocycles. The molecule has 1 aromatic heterocycles. The molecule has 0 spiro atoms. The van der Waals surface area contributed by atoms with Crippen LogP contribution in [0.3, 0.4) is 0 Å². The van der Waals surface area contributed by atoms with E-state index in [0.717, 1.165) is 24.3 Å². The Morgan fingerprint density at radius 3 is 2.64 bits per heavy atom. The highest BCUT2D eigenvalue weighted by Gasteiger charge is 2.07. The summed E-state index contributed by atoms with van der Waals surface area (Å²) in [5.74, 6) is -2.66. The number of carbonyl (C=O) groups excluding carboxylic acids is 2. The van der Waals surface area contributed by atoms with Crippen LogP contribution < -0.4 is 10.6 Å². The first kappa shape index (κ1) is 15.4. The predicted octanol–water partition coefficient (Wildman–Crippen LogP) is 1.46. The lowest BCUT2D eigenvalue weighted by Gasteiger charge is -2.03. The van der Waals surface area contributed by atoms with Crippen LogP contribution in [0.5, 0.6) is 0 Å². The molecule has 0 atom stereocenters. The Morgan fingerprint density at radius 2 is 2.00 bits per heavy atom. The summed E-state index contributed by atoms with van der Waals surface area (Å²) >= 11 is 0. The van der Waals surface area contributed by atoms with Crippen LogP contribution in [0.15, 0.2) is 36.7 Å². The number of halogens is 2. The van der Waals surface area contributed by atoms with Crippen LogP contribution in [0, 0.1) is 11.6 Å². The van der Waals surface area contributed by atoms with Gasteiger partial charge in [-0.25, -0.2) is 8.78 Å². The van der Waals surface area contributed by atoms with Crippen LogP contribution in [-0.4, -0.2) is 28.6 Å². The monoisotopic (exact) mass is 306 g/mol. The zero-order valence-corrected chi connectivity index (χ0v) is 11.3. The number of H-pyrrole nitrogens is 1.